The van der Waals surface area contributed by atoms with Gasteiger partial charge in [0.05, 0.1) is 17.3 Å². The largest absolute Gasteiger partial charge is 0.396 e. The Morgan fingerprint density at radius 2 is 1.95 bits per heavy atom. The second-order valence-corrected chi connectivity index (χ2v) is 5.71. The van der Waals surface area contributed by atoms with E-state index in [9.17, 15) is 8.42 Å². The van der Waals surface area contributed by atoms with E-state index in [0.29, 0.717) is 5.56 Å². The molecule has 0 aliphatic heterocycles. The molecule has 0 spiro atoms. The van der Waals surface area contributed by atoms with E-state index >= 15 is 0 Å². The molecule has 0 aliphatic carbocycles. The minimum Gasteiger partial charge on any atom is -0.396 e. The van der Waals surface area contributed by atoms with Crippen LogP contribution in [0.15, 0.2) is 47.6 Å². The van der Waals surface area contributed by atoms with E-state index < -0.39 is 10.0 Å². The minimum atomic E-state index is -3.76. The van der Waals surface area contributed by atoms with Crippen LogP contribution in [0.4, 0.5) is 5.69 Å². The van der Waals surface area contributed by atoms with Crippen LogP contribution in [-0.2, 0) is 16.6 Å². The molecule has 2 aromatic rings. The van der Waals surface area contributed by atoms with Gasteiger partial charge in [0.1, 0.15) is 0 Å². The van der Waals surface area contributed by atoms with Gasteiger partial charge in [-0.25, -0.2) is 18.1 Å². The first kappa shape index (κ1) is 14.0. The number of pyridine rings is 1. The molecule has 0 fully saturated rings. The van der Waals surface area contributed by atoms with Crippen LogP contribution in [0.1, 0.15) is 11.1 Å². The summed E-state index contributed by atoms with van der Waals surface area (Å²) in [7, 11) is -3.76. The van der Waals surface area contributed by atoms with E-state index in [0.717, 1.165) is 5.56 Å². The van der Waals surface area contributed by atoms with Gasteiger partial charge in [-0.3, -0.25) is 0 Å². The van der Waals surface area contributed by atoms with Gasteiger partial charge in [-0.2, -0.15) is 5.26 Å². The summed E-state index contributed by atoms with van der Waals surface area (Å²) in [6.45, 7) is 0.101. The number of hydrogen-bond acceptors (Lipinski definition) is 5. The van der Waals surface area contributed by atoms with E-state index in [2.05, 4.69) is 9.71 Å². The Morgan fingerprint density at radius 3 is 2.55 bits per heavy atom. The summed E-state index contributed by atoms with van der Waals surface area (Å²) in [6.07, 6.45) is 1.37. The van der Waals surface area contributed by atoms with Gasteiger partial charge in [0.2, 0.25) is 0 Å². The van der Waals surface area contributed by atoms with Crippen LogP contribution >= 0.6 is 0 Å². The predicted octanol–water partition coefficient (Wildman–Crippen LogP) is 1.01. The van der Waals surface area contributed by atoms with Crippen molar-refractivity contribution in [3.63, 3.8) is 0 Å². The molecule has 0 atom stereocenters. The fraction of sp³-hybridized carbons (Fsp3) is 0.0769. The zero-order valence-corrected chi connectivity index (χ0v) is 11.3. The number of nitrogen functional groups attached to an aromatic ring is 1. The van der Waals surface area contributed by atoms with Crippen molar-refractivity contribution < 1.29 is 8.42 Å². The lowest BCUT2D eigenvalue weighted by Crippen LogP contribution is -2.25. The standard InChI is InChI=1S/C13H12N4O2S/c14-8-10-3-5-11(6-4-10)9-17-20(18,19)13-12(15)2-1-7-16-13/h1-7,17H,9,15H2. The third kappa shape index (κ3) is 3.12. The molecule has 0 unspecified atom stereocenters. The fourth-order valence-electron chi connectivity index (χ4n) is 1.57. The van der Waals surface area contributed by atoms with Crippen LogP contribution in [0.5, 0.6) is 0 Å². The van der Waals surface area contributed by atoms with Gasteiger partial charge >= 0.3 is 0 Å². The first-order chi connectivity index (χ1) is 9.53. The summed E-state index contributed by atoms with van der Waals surface area (Å²) in [6, 6.07) is 11.6. The van der Waals surface area contributed by atoms with Crippen LogP contribution in [0, 0.1) is 11.3 Å². The highest BCUT2D eigenvalue weighted by Gasteiger charge is 2.18. The Morgan fingerprint density at radius 1 is 1.25 bits per heavy atom. The van der Waals surface area contributed by atoms with Gasteiger partial charge in [0.25, 0.3) is 10.0 Å². The molecule has 2 rings (SSSR count). The lowest BCUT2D eigenvalue weighted by atomic mass is 10.1. The van der Waals surface area contributed by atoms with Crippen LogP contribution < -0.4 is 10.5 Å². The highest BCUT2D eigenvalue weighted by molar-refractivity contribution is 7.89. The molecule has 6 nitrogen and oxygen atoms in total. The number of nitriles is 1. The van der Waals surface area contributed by atoms with E-state index in [1.165, 1.54) is 12.3 Å². The van der Waals surface area contributed by atoms with Crippen molar-refractivity contribution in [2.45, 2.75) is 11.6 Å². The smallest absolute Gasteiger partial charge is 0.260 e. The maximum absolute atomic E-state index is 12.0. The van der Waals surface area contributed by atoms with Crippen LogP contribution in [0.3, 0.4) is 0 Å². The first-order valence-electron chi connectivity index (χ1n) is 5.72. The zero-order chi connectivity index (χ0) is 14.6. The van der Waals surface area contributed by atoms with E-state index in [-0.39, 0.29) is 17.3 Å². The van der Waals surface area contributed by atoms with Gasteiger partial charge < -0.3 is 5.73 Å². The number of aromatic nitrogens is 1. The molecule has 0 amide bonds. The van der Waals surface area contributed by atoms with Gasteiger partial charge in [-0.1, -0.05) is 12.1 Å². The van der Waals surface area contributed by atoms with E-state index in [1.807, 2.05) is 6.07 Å². The second kappa shape index (κ2) is 5.69. The van der Waals surface area contributed by atoms with Crippen molar-refractivity contribution in [1.82, 2.24) is 9.71 Å². The number of hydrogen-bond donors (Lipinski definition) is 2. The molecule has 0 saturated heterocycles. The Labute approximate surface area is 116 Å². The number of anilines is 1. The Bertz CT molecular complexity index is 749. The van der Waals surface area contributed by atoms with Crippen molar-refractivity contribution >= 4 is 15.7 Å². The first-order valence-corrected chi connectivity index (χ1v) is 7.20. The van der Waals surface area contributed by atoms with Crippen LogP contribution in [0.2, 0.25) is 0 Å². The molecular weight excluding hydrogens is 276 g/mol. The van der Waals surface area contributed by atoms with E-state index in [4.69, 9.17) is 11.0 Å². The summed E-state index contributed by atoms with van der Waals surface area (Å²) < 4.78 is 26.5. The molecular formula is C13H12N4O2S. The van der Waals surface area contributed by atoms with Gasteiger partial charge in [0, 0.05) is 12.7 Å². The van der Waals surface area contributed by atoms with Crippen molar-refractivity contribution in [1.29, 1.82) is 5.26 Å². The zero-order valence-electron chi connectivity index (χ0n) is 10.4. The number of nitrogens with one attached hydrogen (secondary N) is 1. The SMILES string of the molecule is N#Cc1ccc(CNS(=O)(=O)c2ncccc2N)cc1. The average Bonchev–Trinajstić information content (AvgIpc) is 2.46. The topological polar surface area (TPSA) is 109 Å². The van der Waals surface area contributed by atoms with Gasteiger partial charge in [-0.05, 0) is 29.8 Å². The maximum Gasteiger partial charge on any atom is 0.260 e. The van der Waals surface area contributed by atoms with Crippen molar-refractivity contribution in [2.75, 3.05) is 5.73 Å². The molecule has 3 N–H and O–H groups in total. The van der Waals surface area contributed by atoms with Gasteiger partial charge in [-0.15, -0.1) is 0 Å². The lowest BCUT2D eigenvalue weighted by molar-refractivity contribution is 0.578. The number of rotatable bonds is 4. The third-order valence-corrected chi connectivity index (χ3v) is 3.98. The minimum absolute atomic E-state index is 0.0971. The molecule has 7 heteroatoms. The van der Waals surface area contributed by atoms with Gasteiger partial charge in [0.15, 0.2) is 5.03 Å². The molecule has 20 heavy (non-hydrogen) atoms. The Balaban J connectivity index is 2.13. The monoisotopic (exact) mass is 288 g/mol. The van der Waals surface area contributed by atoms with Crippen molar-refractivity contribution in [3.05, 3.63) is 53.7 Å². The fourth-order valence-corrected chi connectivity index (χ4v) is 2.64. The number of sulfonamides is 1. The highest BCUT2D eigenvalue weighted by atomic mass is 32.2. The third-order valence-electron chi connectivity index (χ3n) is 2.60. The molecule has 0 bridgehead atoms. The van der Waals surface area contributed by atoms with Crippen LogP contribution in [-0.4, -0.2) is 13.4 Å². The Hall–Kier alpha value is -2.43. The predicted molar refractivity (Wildman–Crippen MR) is 73.8 cm³/mol. The molecule has 0 saturated carbocycles. The highest BCUT2D eigenvalue weighted by Crippen LogP contribution is 2.14. The molecule has 0 aliphatic rings. The van der Waals surface area contributed by atoms with Crippen LogP contribution in [0.25, 0.3) is 0 Å². The summed E-state index contributed by atoms with van der Waals surface area (Å²) in [5, 5.41) is 8.50. The molecule has 1 aromatic carbocycles. The average molecular weight is 288 g/mol. The molecule has 1 aromatic heterocycles. The number of nitrogens with two attached hydrogens (primary N) is 1. The number of benzene rings is 1. The number of nitrogens with zero attached hydrogens (tertiary/aromatic N) is 2. The molecule has 0 radical (unpaired) electrons. The summed E-state index contributed by atoms with van der Waals surface area (Å²) >= 11 is 0. The summed E-state index contributed by atoms with van der Waals surface area (Å²) in [5.41, 5.74) is 6.95. The summed E-state index contributed by atoms with van der Waals surface area (Å²) in [5.74, 6) is 0. The summed E-state index contributed by atoms with van der Waals surface area (Å²) in [4.78, 5) is 3.77. The normalized spacial score (nSPS) is 10.9. The van der Waals surface area contributed by atoms with E-state index in [1.54, 1.807) is 30.3 Å². The molecule has 1 heterocycles. The quantitative estimate of drug-likeness (QED) is 0.872. The maximum atomic E-state index is 12.0. The second-order valence-electron chi connectivity index (χ2n) is 4.03. The van der Waals surface area contributed by atoms with Crippen molar-refractivity contribution in [2.24, 2.45) is 0 Å². The van der Waals surface area contributed by atoms with Crippen molar-refractivity contribution in [3.8, 4) is 6.07 Å². The molecule has 102 valence electrons. The Kier molecular flexibility index (Phi) is 3.98. The lowest BCUT2D eigenvalue weighted by Gasteiger charge is -2.08.